The molecule has 11 heteroatoms. The van der Waals surface area contributed by atoms with Crippen LogP contribution < -0.4 is 0 Å². The Hall–Kier alpha value is -1.34. The van der Waals surface area contributed by atoms with Crippen LogP contribution in [0.5, 0.6) is 0 Å². The first-order valence-corrected chi connectivity index (χ1v) is 30.7. The van der Waals surface area contributed by atoms with E-state index in [4.69, 9.17) is 18.9 Å². The van der Waals surface area contributed by atoms with Crippen LogP contribution in [-0.4, -0.2) is 113 Å². The number of hydrogen-bond acceptors (Lipinski definition) is 11. The van der Waals surface area contributed by atoms with Gasteiger partial charge in [0.1, 0.15) is 36.6 Å². The van der Waals surface area contributed by atoms with E-state index in [-0.39, 0.29) is 24.1 Å². The lowest BCUT2D eigenvalue weighted by atomic mass is 9.99. The predicted molar refractivity (Wildman–Crippen MR) is 293 cm³/mol. The summed E-state index contributed by atoms with van der Waals surface area (Å²) in [5, 5.41) is 40.2. The van der Waals surface area contributed by atoms with Crippen molar-refractivity contribution in [2.24, 2.45) is 0 Å². The van der Waals surface area contributed by atoms with Crippen LogP contribution in [-0.2, 0) is 28.5 Å². The summed E-state index contributed by atoms with van der Waals surface area (Å²) in [7, 11) is 0. The molecule has 1 rings (SSSR count). The van der Waals surface area contributed by atoms with Crippen LogP contribution in [0.1, 0.15) is 297 Å². The predicted octanol–water partition coefficient (Wildman–Crippen LogP) is 14.4. The van der Waals surface area contributed by atoms with Gasteiger partial charge in [0.2, 0.25) is 0 Å². The Bertz CT molecular complexity index is 1060. The lowest BCUT2D eigenvalue weighted by molar-refractivity contribution is -0.301. The summed E-state index contributed by atoms with van der Waals surface area (Å²) in [6.45, 7) is 11.8. The Kier molecular flexibility index (Phi) is 47.2. The Balaban J connectivity index is 2.55. The smallest absolute Gasteiger partial charge is 0.306 e. The molecule has 0 bridgehead atoms. The van der Waals surface area contributed by atoms with Crippen LogP contribution in [0.4, 0.5) is 0 Å². The molecule has 71 heavy (non-hydrogen) atoms. The number of unbranched alkanes of at least 4 members (excludes halogenated alkanes) is 29. The Morgan fingerprint density at radius 1 is 0.423 bits per heavy atom. The van der Waals surface area contributed by atoms with Crippen molar-refractivity contribution in [3.8, 4) is 0 Å². The highest BCUT2D eigenvalue weighted by Gasteiger charge is 2.44. The third-order valence-electron chi connectivity index (χ3n) is 14.8. The topological polar surface area (TPSA) is 155 Å². The molecule has 1 fully saturated rings. The first-order chi connectivity index (χ1) is 34.7. The second kappa shape index (κ2) is 49.5. The van der Waals surface area contributed by atoms with Gasteiger partial charge in [0.25, 0.3) is 0 Å². The maximum Gasteiger partial charge on any atom is 0.306 e. The second-order valence-electron chi connectivity index (χ2n) is 21.6. The van der Waals surface area contributed by atoms with E-state index in [1.165, 1.54) is 128 Å². The van der Waals surface area contributed by atoms with E-state index in [0.29, 0.717) is 19.4 Å². The molecule has 1 saturated heterocycles. The molecule has 0 spiro atoms. The molecule has 0 amide bonds. The molecular weight excluding hydrogens is 895 g/mol. The van der Waals surface area contributed by atoms with Crippen molar-refractivity contribution in [2.45, 2.75) is 340 Å². The normalized spacial score (nSPS) is 18.3. The number of carbonyl (C=O) groups excluding carboxylic acids is 2. The summed E-state index contributed by atoms with van der Waals surface area (Å²) >= 11 is 0. The molecule has 5 atom stereocenters. The highest BCUT2D eigenvalue weighted by atomic mass is 16.7. The zero-order valence-electron chi connectivity index (χ0n) is 47.0. The van der Waals surface area contributed by atoms with Gasteiger partial charge in [0, 0.05) is 19.4 Å². The van der Waals surface area contributed by atoms with Gasteiger partial charge < -0.3 is 44.3 Å². The molecule has 4 N–H and O–H groups in total. The number of aliphatic hydroxyl groups is 4. The number of aliphatic hydroxyl groups excluding tert-OH is 4. The Morgan fingerprint density at radius 3 is 1.11 bits per heavy atom. The van der Waals surface area contributed by atoms with Crippen molar-refractivity contribution in [1.82, 2.24) is 4.90 Å². The minimum absolute atomic E-state index is 0.0140. The molecule has 0 radical (unpaired) electrons. The molecule has 1 aliphatic heterocycles. The van der Waals surface area contributed by atoms with Gasteiger partial charge in [0.05, 0.1) is 6.61 Å². The van der Waals surface area contributed by atoms with Crippen LogP contribution >= 0.6 is 0 Å². The summed E-state index contributed by atoms with van der Waals surface area (Å²) in [5.74, 6) is -0.0281. The second-order valence-corrected chi connectivity index (χ2v) is 21.6. The zero-order chi connectivity index (χ0) is 51.8. The number of esters is 2. The van der Waals surface area contributed by atoms with Crippen LogP contribution in [0.2, 0.25) is 0 Å². The van der Waals surface area contributed by atoms with Gasteiger partial charge in [0.15, 0.2) is 6.29 Å². The minimum Gasteiger partial charge on any atom is -0.462 e. The Labute approximate surface area is 437 Å². The van der Waals surface area contributed by atoms with E-state index in [2.05, 4.69) is 32.6 Å². The average Bonchev–Trinajstić information content (AvgIpc) is 3.36. The number of ether oxygens (including phenoxy) is 4. The molecule has 11 nitrogen and oxygen atoms in total. The summed E-state index contributed by atoms with van der Waals surface area (Å²) in [6.07, 6.45) is 41.3. The fourth-order valence-electron chi connectivity index (χ4n) is 10.1. The molecule has 422 valence electrons. The average molecular weight is 1010 g/mol. The number of nitrogens with zero attached hydrogens (tertiary/aromatic N) is 1. The fourth-order valence-corrected chi connectivity index (χ4v) is 10.1. The largest absolute Gasteiger partial charge is 0.462 e. The van der Waals surface area contributed by atoms with E-state index in [1.54, 1.807) is 0 Å². The quantitative estimate of drug-likeness (QED) is 0.0340. The SMILES string of the molecule is CCCCCCCCC(CCCCCCCC)OC(=O)CCCCCCCN(CCCCCCCC(=O)OC(CCCCCCCC)CCCCCCCC)CCCCO[C@H]1O[C@H](CO)[C@@H](O)[C@H](O)[C@@H]1O. The van der Waals surface area contributed by atoms with Crippen molar-refractivity contribution in [3.63, 3.8) is 0 Å². The van der Waals surface area contributed by atoms with Gasteiger partial charge in [-0.05, 0) is 110 Å². The van der Waals surface area contributed by atoms with Crippen LogP contribution in [0.25, 0.3) is 0 Å². The number of rotatable bonds is 53. The maximum absolute atomic E-state index is 13.0. The van der Waals surface area contributed by atoms with Gasteiger partial charge in [-0.2, -0.15) is 0 Å². The molecule has 0 aromatic rings. The molecule has 0 aromatic heterocycles. The van der Waals surface area contributed by atoms with Gasteiger partial charge in [-0.25, -0.2) is 0 Å². The van der Waals surface area contributed by atoms with E-state index >= 15 is 0 Å². The molecule has 1 heterocycles. The highest BCUT2D eigenvalue weighted by Crippen LogP contribution is 2.24. The van der Waals surface area contributed by atoms with Crippen molar-refractivity contribution in [2.75, 3.05) is 32.8 Å². The number of hydrogen-bond donors (Lipinski definition) is 4. The fraction of sp³-hybridized carbons (Fsp3) is 0.967. The molecule has 0 saturated carbocycles. The monoisotopic (exact) mass is 1010 g/mol. The molecule has 1 aliphatic rings. The zero-order valence-corrected chi connectivity index (χ0v) is 47.0. The molecule has 0 aliphatic carbocycles. The molecule has 0 aromatic carbocycles. The first kappa shape index (κ1) is 67.7. The lowest BCUT2D eigenvalue weighted by Crippen LogP contribution is -2.59. The Morgan fingerprint density at radius 2 is 0.746 bits per heavy atom. The highest BCUT2D eigenvalue weighted by molar-refractivity contribution is 5.69. The first-order valence-electron chi connectivity index (χ1n) is 30.7. The third-order valence-corrected chi connectivity index (χ3v) is 14.8. The van der Waals surface area contributed by atoms with E-state index in [9.17, 15) is 30.0 Å². The summed E-state index contributed by atoms with van der Waals surface area (Å²) in [5.41, 5.74) is 0. The minimum atomic E-state index is -1.44. The third kappa shape index (κ3) is 38.8. The maximum atomic E-state index is 13.0. The van der Waals surface area contributed by atoms with Crippen molar-refractivity contribution >= 4 is 11.9 Å². The van der Waals surface area contributed by atoms with Crippen LogP contribution in [0, 0.1) is 0 Å². The van der Waals surface area contributed by atoms with E-state index in [0.717, 1.165) is 148 Å². The van der Waals surface area contributed by atoms with Crippen molar-refractivity contribution in [1.29, 1.82) is 0 Å². The van der Waals surface area contributed by atoms with Gasteiger partial charge >= 0.3 is 11.9 Å². The standard InChI is InChI=1S/C60H117NO10/c1-5-9-13-17-23-31-41-52(42-32-24-18-14-10-6-2)69-55(63)45-35-27-21-29-37-47-61(49-39-40-50-68-60-59(67)58(66)57(65)54(51-62)71-60)48-38-30-22-28-36-46-56(64)70-53(43-33-25-19-15-11-7-3)44-34-26-20-16-12-8-4/h52-54,57-60,62,65-67H,5-51H2,1-4H3/t54-,57-,58+,59+,60+/m1/s1. The van der Waals surface area contributed by atoms with Gasteiger partial charge in [-0.3, -0.25) is 9.59 Å². The van der Waals surface area contributed by atoms with Gasteiger partial charge in [-0.1, -0.05) is 195 Å². The molecular formula is C60H117NO10. The number of carbonyl (C=O) groups is 2. The van der Waals surface area contributed by atoms with E-state index < -0.39 is 37.3 Å². The molecule has 0 unspecified atom stereocenters. The van der Waals surface area contributed by atoms with E-state index in [1.807, 2.05) is 0 Å². The van der Waals surface area contributed by atoms with Crippen molar-refractivity contribution in [3.05, 3.63) is 0 Å². The summed E-state index contributed by atoms with van der Waals surface area (Å²) < 4.78 is 23.5. The van der Waals surface area contributed by atoms with Crippen LogP contribution in [0.3, 0.4) is 0 Å². The van der Waals surface area contributed by atoms with Crippen LogP contribution in [0.15, 0.2) is 0 Å². The summed E-state index contributed by atoms with van der Waals surface area (Å²) in [4.78, 5) is 28.5. The van der Waals surface area contributed by atoms with Gasteiger partial charge in [-0.15, -0.1) is 0 Å². The summed E-state index contributed by atoms with van der Waals surface area (Å²) in [6, 6.07) is 0. The lowest BCUT2D eigenvalue weighted by Gasteiger charge is -2.39. The van der Waals surface area contributed by atoms with Crippen molar-refractivity contribution < 1.29 is 49.0 Å².